The summed E-state index contributed by atoms with van der Waals surface area (Å²) in [6, 6.07) is 13.8. The van der Waals surface area contributed by atoms with E-state index in [0.717, 1.165) is 36.0 Å². The number of carbonyl (C=O) groups excluding carboxylic acids is 1. The van der Waals surface area contributed by atoms with Crippen molar-refractivity contribution in [2.75, 3.05) is 5.75 Å². The topological polar surface area (TPSA) is 34.4 Å². The lowest BCUT2D eigenvalue weighted by Gasteiger charge is -2.01. The van der Waals surface area contributed by atoms with Crippen molar-refractivity contribution in [2.24, 2.45) is 4.99 Å². The summed E-state index contributed by atoms with van der Waals surface area (Å²) in [5.74, 6) is 0.612. The van der Waals surface area contributed by atoms with Crippen LogP contribution in [0.1, 0.15) is 13.3 Å². The van der Waals surface area contributed by atoms with Crippen LogP contribution in [0.3, 0.4) is 0 Å². The normalized spacial score (nSPS) is 12.0. The average molecular weight is 456 g/mol. The second-order valence-corrected chi connectivity index (χ2v) is 8.83. The zero-order valence-corrected chi connectivity index (χ0v) is 17.5. The summed E-state index contributed by atoms with van der Waals surface area (Å²) in [6.07, 6.45) is 0.412. The fourth-order valence-corrected chi connectivity index (χ4v) is 5.02. The average Bonchev–Trinajstić information content (AvgIpc) is 2.92. The number of halogens is 2. The van der Waals surface area contributed by atoms with Crippen LogP contribution in [0.4, 0.5) is 0 Å². The molecule has 0 radical (unpaired) electrons. The van der Waals surface area contributed by atoms with Gasteiger partial charge in [0.2, 0.25) is 5.91 Å². The van der Waals surface area contributed by atoms with Crippen molar-refractivity contribution in [1.29, 1.82) is 0 Å². The predicted octanol–water partition coefficient (Wildman–Crippen LogP) is 5.75. The first kappa shape index (κ1) is 18.7. The molecule has 0 aliphatic carbocycles. The quantitative estimate of drug-likeness (QED) is 0.459. The van der Waals surface area contributed by atoms with E-state index in [-0.39, 0.29) is 5.91 Å². The second-order valence-electron chi connectivity index (χ2n) is 5.30. The number of amides is 1. The van der Waals surface area contributed by atoms with E-state index < -0.39 is 0 Å². The number of hydrogen-bond acceptors (Lipinski definition) is 3. The van der Waals surface area contributed by atoms with Crippen LogP contribution in [0.15, 0.2) is 56.8 Å². The highest BCUT2D eigenvalue weighted by Gasteiger charge is 2.07. The van der Waals surface area contributed by atoms with Crippen LogP contribution in [0.2, 0.25) is 5.02 Å². The van der Waals surface area contributed by atoms with Crippen molar-refractivity contribution in [3.63, 3.8) is 0 Å². The summed E-state index contributed by atoms with van der Waals surface area (Å²) in [5, 5.41) is 0.718. The minimum absolute atomic E-state index is 0.0886. The Hall–Kier alpha value is -1.08. The molecule has 0 saturated carbocycles. The summed E-state index contributed by atoms with van der Waals surface area (Å²) >= 11 is 12.5. The Labute approximate surface area is 167 Å². The number of rotatable bonds is 5. The van der Waals surface area contributed by atoms with Gasteiger partial charge in [-0.2, -0.15) is 4.99 Å². The molecule has 0 bridgehead atoms. The van der Waals surface area contributed by atoms with Crippen LogP contribution in [0.5, 0.6) is 0 Å². The summed E-state index contributed by atoms with van der Waals surface area (Å²) in [4.78, 5) is 18.5. The Balaban J connectivity index is 1.72. The largest absolute Gasteiger partial charge is 0.317 e. The molecule has 0 atom stereocenters. The Morgan fingerprint density at radius 2 is 2.04 bits per heavy atom. The smallest absolute Gasteiger partial charge is 0.249 e. The van der Waals surface area contributed by atoms with Gasteiger partial charge in [0, 0.05) is 33.1 Å². The molecule has 0 saturated heterocycles. The van der Waals surface area contributed by atoms with Crippen LogP contribution in [-0.4, -0.2) is 16.2 Å². The van der Waals surface area contributed by atoms with E-state index >= 15 is 0 Å². The molecule has 0 unspecified atom stereocenters. The number of hydrogen-bond donors (Lipinski definition) is 0. The van der Waals surface area contributed by atoms with Crippen LogP contribution in [0.25, 0.3) is 10.2 Å². The highest BCUT2D eigenvalue weighted by molar-refractivity contribution is 9.10. The number of thioether (sulfide) groups is 1. The molecular weight excluding hydrogens is 440 g/mol. The number of aromatic nitrogens is 1. The molecule has 0 aliphatic heterocycles. The van der Waals surface area contributed by atoms with E-state index in [1.54, 1.807) is 23.1 Å². The van der Waals surface area contributed by atoms with E-state index in [1.165, 1.54) is 0 Å². The first-order chi connectivity index (χ1) is 12.1. The number of benzene rings is 2. The molecule has 1 aromatic heterocycles. The number of carbonyl (C=O) groups is 1. The minimum Gasteiger partial charge on any atom is -0.317 e. The lowest BCUT2D eigenvalue weighted by atomic mass is 10.3. The lowest BCUT2D eigenvalue weighted by molar-refractivity contribution is -0.117. The van der Waals surface area contributed by atoms with Crippen LogP contribution >= 0.6 is 50.6 Å². The Morgan fingerprint density at radius 3 is 2.76 bits per heavy atom. The van der Waals surface area contributed by atoms with Gasteiger partial charge in [0.15, 0.2) is 4.80 Å². The Kier molecular flexibility index (Phi) is 6.39. The van der Waals surface area contributed by atoms with Gasteiger partial charge >= 0.3 is 0 Å². The van der Waals surface area contributed by atoms with Gasteiger partial charge in [-0.3, -0.25) is 4.79 Å². The fourth-order valence-electron chi connectivity index (χ4n) is 2.39. The van der Waals surface area contributed by atoms with Gasteiger partial charge in [0.25, 0.3) is 0 Å². The van der Waals surface area contributed by atoms with Gasteiger partial charge in [-0.25, -0.2) is 0 Å². The zero-order valence-electron chi connectivity index (χ0n) is 13.5. The molecule has 0 fully saturated rings. The van der Waals surface area contributed by atoms with Crippen molar-refractivity contribution in [3.05, 3.63) is 56.8 Å². The number of aryl methyl sites for hydroxylation is 1. The maximum atomic E-state index is 12.3. The third kappa shape index (κ3) is 4.76. The fraction of sp³-hybridized carbons (Fsp3) is 0.222. The van der Waals surface area contributed by atoms with E-state index in [1.807, 2.05) is 30.3 Å². The van der Waals surface area contributed by atoms with Crippen molar-refractivity contribution < 1.29 is 4.79 Å². The zero-order chi connectivity index (χ0) is 17.8. The SMILES string of the molecule is CCn1c(=NC(=O)CCSc2ccc(Cl)cc2)sc2cc(Br)ccc21. The molecule has 7 heteroatoms. The summed E-state index contributed by atoms with van der Waals surface area (Å²) in [7, 11) is 0. The Morgan fingerprint density at radius 1 is 1.28 bits per heavy atom. The molecule has 25 heavy (non-hydrogen) atoms. The van der Waals surface area contributed by atoms with Crippen molar-refractivity contribution >= 4 is 66.8 Å². The number of thiazole rings is 1. The summed E-state index contributed by atoms with van der Waals surface area (Å²) in [6.45, 7) is 2.85. The summed E-state index contributed by atoms with van der Waals surface area (Å²) in [5.41, 5.74) is 1.11. The van der Waals surface area contributed by atoms with Gasteiger partial charge in [0.1, 0.15) is 0 Å². The second kappa shape index (κ2) is 8.54. The number of nitrogens with zero attached hydrogens (tertiary/aromatic N) is 2. The Bertz CT molecular complexity index is 963. The van der Waals surface area contributed by atoms with Crippen molar-refractivity contribution in [2.45, 2.75) is 24.8 Å². The molecular formula is C18H16BrClN2OS2. The van der Waals surface area contributed by atoms with Crippen molar-refractivity contribution in [1.82, 2.24) is 4.57 Å². The van der Waals surface area contributed by atoms with Crippen LogP contribution < -0.4 is 4.80 Å². The maximum absolute atomic E-state index is 12.3. The lowest BCUT2D eigenvalue weighted by Crippen LogP contribution is -2.15. The molecule has 130 valence electrons. The monoisotopic (exact) mass is 454 g/mol. The van der Waals surface area contributed by atoms with Gasteiger partial charge in [-0.1, -0.05) is 38.9 Å². The van der Waals surface area contributed by atoms with Crippen LogP contribution in [0, 0.1) is 0 Å². The van der Waals surface area contributed by atoms with E-state index in [2.05, 4.69) is 44.5 Å². The highest BCUT2D eigenvalue weighted by atomic mass is 79.9. The van der Waals surface area contributed by atoms with Gasteiger partial charge < -0.3 is 4.57 Å². The first-order valence-corrected chi connectivity index (χ1v) is 10.8. The molecule has 1 amide bonds. The maximum Gasteiger partial charge on any atom is 0.249 e. The molecule has 2 aromatic carbocycles. The molecule has 0 N–H and O–H groups in total. The molecule has 3 aromatic rings. The minimum atomic E-state index is -0.0886. The van der Waals surface area contributed by atoms with E-state index in [4.69, 9.17) is 11.6 Å². The molecule has 1 heterocycles. The van der Waals surface area contributed by atoms with E-state index in [9.17, 15) is 4.79 Å². The third-order valence-electron chi connectivity index (χ3n) is 3.58. The third-order valence-corrected chi connectivity index (χ3v) is 6.38. The van der Waals surface area contributed by atoms with Gasteiger partial charge in [-0.15, -0.1) is 11.8 Å². The van der Waals surface area contributed by atoms with Gasteiger partial charge in [-0.05, 0) is 49.4 Å². The predicted molar refractivity (Wildman–Crippen MR) is 111 cm³/mol. The highest BCUT2D eigenvalue weighted by Crippen LogP contribution is 2.23. The molecule has 0 spiro atoms. The van der Waals surface area contributed by atoms with E-state index in [0.29, 0.717) is 12.2 Å². The standard InChI is InChI=1S/C18H16BrClN2OS2/c1-2-22-15-8-3-12(19)11-16(15)25-18(22)21-17(23)9-10-24-14-6-4-13(20)5-7-14/h3-8,11H,2,9-10H2,1H3. The first-order valence-electron chi connectivity index (χ1n) is 7.81. The molecule has 3 rings (SSSR count). The molecule has 0 aliphatic rings. The van der Waals surface area contributed by atoms with Crippen molar-refractivity contribution in [3.8, 4) is 0 Å². The molecule has 3 nitrogen and oxygen atoms in total. The van der Waals surface area contributed by atoms with Gasteiger partial charge in [0.05, 0.1) is 10.2 Å². The summed E-state index contributed by atoms with van der Waals surface area (Å²) < 4.78 is 4.23. The number of fused-ring (bicyclic) bond motifs is 1. The van der Waals surface area contributed by atoms with Crippen LogP contribution in [-0.2, 0) is 11.3 Å².